The summed E-state index contributed by atoms with van der Waals surface area (Å²) in [6.45, 7) is 0. The van der Waals surface area contributed by atoms with Crippen LogP contribution in [0.3, 0.4) is 0 Å². The van der Waals surface area contributed by atoms with E-state index in [2.05, 4.69) is 60.7 Å². The molecule has 3 rings (SSSR count). The van der Waals surface area contributed by atoms with Gasteiger partial charge in [0.15, 0.2) is 0 Å². The molecule has 2 nitrogen and oxygen atoms in total. The second kappa shape index (κ2) is 7.33. The topological polar surface area (TPSA) is 18.5 Å². The van der Waals surface area contributed by atoms with Crippen LogP contribution in [0.5, 0.6) is 5.75 Å². The molecule has 0 N–H and O–H groups in total. The molecule has 0 aliphatic carbocycles. The van der Waals surface area contributed by atoms with Gasteiger partial charge in [-0.15, -0.1) is 0 Å². The van der Waals surface area contributed by atoms with Crippen molar-refractivity contribution >= 4 is 0 Å². The molecule has 0 bridgehead atoms. The Labute approximate surface area is 143 Å². The predicted molar refractivity (Wildman–Crippen MR) is 97.4 cm³/mol. The van der Waals surface area contributed by atoms with E-state index in [0.29, 0.717) is 0 Å². The summed E-state index contributed by atoms with van der Waals surface area (Å²) in [5.41, 5.74) is 2.98. The van der Waals surface area contributed by atoms with Crippen molar-refractivity contribution in [3.8, 4) is 5.75 Å². The maximum absolute atomic E-state index is 6.14. The third-order valence-electron chi connectivity index (χ3n) is 4.44. The Hall–Kier alpha value is -2.58. The lowest BCUT2D eigenvalue weighted by molar-refractivity contribution is 0.0222. The third kappa shape index (κ3) is 3.19. The molecule has 3 aromatic rings. The molecule has 3 aromatic carbocycles. The molecule has 0 unspecified atom stereocenters. The third-order valence-corrected chi connectivity index (χ3v) is 4.44. The first-order chi connectivity index (χ1) is 11.8. The van der Waals surface area contributed by atoms with Crippen molar-refractivity contribution in [3.63, 3.8) is 0 Å². The van der Waals surface area contributed by atoms with Crippen molar-refractivity contribution in [3.05, 3.63) is 102 Å². The van der Waals surface area contributed by atoms with E-state index in [-0.39, 0.29) is 0 Å². The molecule has 0 atom stereocenters. The van der Waals surface area contributed by atoms with Crippen LogP contribution in [0.15, 0.2) is 84.9 Å². The summed E-state index contributed by atoms with van der Waals surface area (Å²) in [4.78, 5) is 0. The highest BCUT2D eigenvalue weighted by Gasteiger charge is 2.34. The van der Waals surface area contributed by atoms with E-state index in [1.807, 2.05) is 24.3 Å². The Morgan fingerprint density at radius 3 is 1.58 bits per heavy atom. The average Bonchev–Trinajstić information content (AvgIpc) is 2.68. The van der Waals surface area contributed by atoms with E-state index in [1.165, 1.54) is 5.56 Å². The Morgan fingerprint density at radius 1 is 0.667 bits per heavy atom. The predicted octanol–water partition coefficient (Wildman–Crippen LogP) is 4.83. The smallest absolute Gasteiger partial charge is 0.122 e. The standard InChI is InChI=1S/C22H22O2/c1-23-21-15-13-18(14-16-21)17-22(24-2,19-9-5-3-6-10-19)20-11-7-4-8-12-20/h3-16H,17H2,1-2H3. The van der Waals surface area contributed by atoms with Crippen molar-refractivity contribution in [1.82, 2.24) is 0 Å². The van der Waals surface area contributed by atoms with Crippen molar-refractivity contribution < 1.29 is 9.47 Å². The van der Waals surface area contributed by atoms with Crippen LogP contribution >= 0.6 is 0 Å². The molecule has 0 heterocycles. The summed E-state index contributed by atoms with van der Waals surface area (Å²) in [5.74, 6) is 0.862. The SMILES string of the molecule is COc1ccc(CC(OC)(c2ccccc2)c2ccccc2)cc1. The fourth-order valence-electron chi connectivity index (χ4n) is 3.12. The lowest BCUT2D eigenvalue weighted by atomic mass is 9.81. The molecular weight excluding hydrogens is 296 g/mol. The van der Waals surface area contributed by atoms with E-state index in [9.17, 15) is 0 Å². The molecule has 24 heavy (non-hydrogen) atoms. The van der Waals surface area contributed by atoms with Gasteiger partial charge in [-0.1, -0.05) is 72.8 Å². The van der Waals surface area contributed by atoms with Crippen LogP contribution in [0.1, 0.15) is 16.7 Å². The minimum atomic E-state index is -0.517. The summed E-state index contributed by atoms with van der Waals surface area (Å²) < 4.78 is 11.4. The minimum Gasteiger partial charge on any atom is -0.497 e. The van der Waals surface area contributed by atoms with Gasteiger partial charge in [0.05, 0.1) is 7.11 Å². The van der Waals surface area contributed by atoms with Crippen molar-refractivity contribution in [1.29, 1.82) is 0 Å². The number of ether oxygens (including phenoxy) is 2. The highest BCUT2D eigenvalue weighted by molar-refractivity contribution is 5.40. The van der Waals surface area contributed by atoms with Crippen LogP contribution in [-0.2, 0) is 16.8 Å². The van der Waals surface area contributed by atoms with Crippen molar-refractivity contribution in [2.75, 3.05) is 14.2 Å². The molecule has 0 amide bonds. The van der Waals surface area contributed by atoms with E-state index >= 15 is 0 Å². The Balaban J connectivity index is 2.07. The molecule has 0 aromatic heterocycles. The first kappa shape index (κ1) is 16.3. The maximum atomic E-state index is 6.14. The fourth-order valence-corrected chi connectivity index (χ4v) is 3.12. The highest BCUT2D eigenvalue weighted by atomic mass is 16.5. The monoisotopic (exact) mass is 318 g/mol. The summed E-state index contributed by atoms with van der Waals surface area (Å²) in [6, 6.07) is 29.0. The second-order valence-corrected chi connectivity index (χ2v) is 5.79. The first-order valence-corrected chi connectivity index (χ1v) is 8.07. The largest absolute Gasteiger partial charge is 0.497 e. The molecule has 122 valence electrons. The Bertz CT molecular complexity index is 709. The zero-order valence-electron chi connectivity index (χ0n) is 14.1. The van der Waals surface area contributed by atoms with Gasteiger partial charge < -0.3 is 9.47 Å². The molecule has 0 aliphatic heterocycles. The highest BCUT2D eigenvalue weighted by Crippen LogP contribution is 2.36. The minimum absolute atomic E-state index is 0.517. The van der Waals surface area contributed by atoms with Gasteiger partial charge >= 0.3 is 0 Å². The molecule has 0 fully saturated rings. The fraction of sp³-hybridized carbons (Fsp3) is 0.182. The molecule has 0 spiro atoms. The Kier molecular flexibility index (Phi) is 4.97. The first-order valence-electron chi connectivity index (χ1n) is 8.07. The van der Waals surface area contributed by atoms with Crippen LogP contribution in [-0.4, -0.2) is 14.2 Å². The molecule has 0 saturated heterocycles. The van der Waals surface area contributed by atoms with E-state index in [1.54, 1.807) is 14.2 Å². The number of rotatable bonds is 6. The van der Waals surface area contributed by atoms with Gasteiger partial charge in [-0.25, -0.2) is 0 Å². The van der Waals surface area contributed by atoms with Gasteiger partial charge in [-0.3, -0.25) is 0 Å². The van der Waals surface area contributed by atoms with Gasteiger partial charge in [0.2, 0.25) is 0 Å². The van der Waals surface area contributed by atoms with Gasteiger partial charge in [0.1, 0.15) is 11.4 Å². The number of hydrogen-bond donors (Lipinski definition) is 0. The van der Waals surface area contributed by atoms with Gasteiger partial charge in [-0.2, -0.15) is 0 Å². The Morgan fingerprint density at radius 2 is 1.17 bits per heavy atom. The van der Waals surface area contributed by atoms with Gasteiger partial charge in [0, 0.05) is 13.5 Å². The second-order valence-electron chi connectivity index (χ2n) is 5.79. The van der Waals surface area contributed by atoms with Gasteiger partial charge in [0.25, 0.3) is 0 Å². The number of methoxy groups -OCH3 is 2. The zero-order chi connectivity index (χ0) is 16.8. The number of hydrogen-bond acceptors (Lipinski definition) is 2. The van der Waals surface area contributed by atoms with E-state index < -0.39 is 5.60 Å². The summed E-state index contributed by atoms with van der Waals surface area (Å²) in [7, 11) is 3.46. The van der Waals surface area contributed by atoms with Crippen LogP contribution in [0, 0.1) is 0 Å². The summed E-state index contributed by atoms with van der Waals surface area (Å²) in [6.07, 6.45) is 0.752. The van der Waals surface area contributed by atoms with Crippen LogP contribution in [0.25, 0.3) is 0 Å². The average molecular weight is 318 g/mol. The summed E-state index contributed by atoms with van der Waals surface area (Å²) in [5, 5.41) is 0. The lowest BCUT2D eigenvalue weighted by Gasteiger charge is -2.34. The maximum Gasteiger partial charge on any atom is 0.122 e. The van der Waals surface area contributed by atoms with E-state index in [4.69, 9.17) is 9.47 Å². The molecule has 0 saturated carbocycles. The lowest BCUT2D eigenvalue weighted by Crippen LogP contribution is -2.32. The van der Waals surface area contributed by atoms with Crippen LogP contribution in [0.4, 0.5) is 0 Å². The molecule has 0 radical (unpaired) electrons. The normalized spacial score (nSPS) is 11.2. The van der Waals surface area contributed by atoms with Crippen molar-refractivity contribution in [2.24, 2.45) is 0 Å². The zero-order valence-corrected chi connectivity index (χ0v) is 14.1. The van der Waals surface area contributed by atoms with Crippen LogP contribution in [0.2, 0.25) is 0 Å². The quantitative estimate of drug-likeness (QED) is 0.648. The van der Waals surface area contributed by atoms with Gasteiger partial charge in [-0.05, 0) is 28.8 Å². The molecule has 0 aliphatic rings. The molecular formula is C22H22O2. The summed E-state index contributed by atoms with van der Waals surface area (Å²) >= 11 is 0. The van der Waals surface area contributed by atoms with Crippen LogP contribution < -0.4 is 4.74 Å². The van der Waals surface area contributed by atoms with E-state index in [0.717, 1.165) is 23.3 Å². The van der Waals surface area contributed by atoms with Crippen molar-refractivity contribution in [2.45, 2.75) is 12.0 Å². The number of benzene rings is 3. The molecule has 2 heteroatoms.